The fourth-order valence-corrected chi connectivity index (χ4v) is 2.31. The standard InChI is InChI=1S/C14H20F2N2/c1-12-3-5-13(6-4-12)18-9-7-17(8-10-18)11-14(2,15)16/h3-6H,7-11H2,1-2H3. The maximum absolute atomic E-state index is 12.9. The van der Waals surface area contributed by atoms with Gasteiger partial charge in [-0.2, -0.15) is 0 Å². The Balaban J connectivity index is 1.88. The molecule has 100 valence electrons. The van der Waals surface area contributed by atoms with Crippen LogP contribution in [0.2, 0.25) is 0 Å². The largest absolute Gasteiger partial charge is 0.369 e. The van der Waals surface area contributed by atoms with Crippen LogP contribution in [-0.4, -0.2) is 43.5 Å². The van der Waals surface area contributed by atoms with Crippen molar-refractivity contribution in [1.82, 2.24) is 4.90 Å². The molecule has 1 aromatic rings. The van der Waals surface area contributed by atoms with Crippen LogP contribution in [0.15, 0.2) is 24.3 Å². The molecule has 1 aliphatic heterocycles. The first-order valence-electron chi connectivity index (χ1n) is 6.36. The summed E-state index contributed by atoms with van der Waals surface area (Å²) in [5.41, 5.74) is 2.42. The third kappa shape index (κ3) is 3.67. The smallest absolute Gasteiger partial charge is 0.257 e. The molecule has 0 aromatic heterocycles. The molecular weight excluding hydrogens is 234 g/mol. The van der Waals surface area contributed by atoms with Crippen molar-refractivity contribution in [2.24, 2.45) is 0 Å². The molecule has 0 saturated carbocycles. The first kappa shape index (κ1) is 13.3. The van der Waals surface area contributed by atoms with Crippen LogP contribution < -0.4 is 4.90 Å². The highest BCUT2D eigenvalue weighted by molar-refractivity contribution is 5.47. The van der Waals surface area contributed by atoms with Gasteiger partial charge in [-0.3, -0.25) is 4.90 Å². The van der Waals surface area contributed by atoms with Crippen LogP contribution in [0.5, 0.6) is 0 Å². The van der Waals surface area contributed by atoms with Crippen LogP contribution in [0.25, 0.3) is 0 Å². The third-order valence-electron chi connectivity index (χ3n) is 3.27. The van der Waals surface area contributed by atoms with Crippen molar-refractivity contribution in [1.29, 1.82) is 0 Å². The molecule has 0 atom stereocenters. The van der Waals surface area contributed by atoms with Crippen molar-refractivity contribution < 1.29 is 8.78 Å². The Kier molecular flexibility index (Phi) is 3.85. The van der Waals surface area contributed by atoms with Crippen LogP contribution in [-0.2, 0) is 0 Å². The topological polar surface area (TPSA) is 6.48 Å². The highest BCUT2D eigenvalue weighted by Crippen LogP contribution is 2.19. The second-order valence-corrected chi connectivity index (χ2v) is 5.17. The van der Waals surface area contributed by atoms with Crippen LogP contribution >= 0.6 is 0 Å². The second-order valence-electron chi connectivity index (χ2n) is 5.17. The van der Waals surface area contributed by atoms with Gasteiger partial charge in [0.2, 0.25) is 0 Å². The summed E-state index contributed by atoms with van der Waals surface area (Å²) in [7, 11) is 0. The van der Waals surface area contributed by atoms with E-state index in [1.165, 1.54) is 11.3 Å². The van der Waals surface area contributed by atoms with E-state index in [1.54, 1.807) is 0 Å². The van der Waals surface area contributed by atoms with Crippen LogP contribution in [0.3, 0.4) is 0 Å². The van der Waals surface area contributed by atoms with Crippen molar-refractivity contribution in [3.63, 3.8) is 0 Å². The lowest BCUT2D eigenvalue weighted by Gasteiger charge is -2.37. The predicted octanol–water partition coefficient (Wildman–Crippen LogP) is 2.77. The molecule has 0 spiro atoms. The average Bonchev–Trinajstić information content (AvgIpc) is 2.29. The van der Waals surface area contributed by atoms with Gasteiger partial charge in [-0.25, -0.2) is 8.78 Å². The molecule has 1 aromatic carbocycles. The van der Waals surface area contributed by atoms with Gasteiger partial charge in [-0.05, 0) is 19.1 Å². The molecule has 2 rings (SSSR count). The summed E-state index contributed by atoms with van der Waals surface area (Å²) in [4.78, 5) is 4.09. The molecule has 4 heteroatoms. The Bertz CT molecular complexity index is 376. The van der Waals surface area contributed by atoms with Gasteiger partial charge in [-0.15, -0.1) is 0 Å². The number of alkyl halides is 2. The monoisotopic (exact) mass is 254 g/mol. The summed E-state index contributed by atoms with van der Waals surface area (Å²) in [5, 5.41) is 0. The molecule has 1 saturated heterocycles. The van der Waals surface area contributed by atoms with Gasteiger partial charge in [0.05, 0.1) is 6.54 Å². The normalized spacial score (nSPS) is 18.1. The maximum Gasteiger partial charge on any atom is 0.257 e. The van der Waals surface area contributed by atoms with Gasteiger partial charge >= 0.3 is 0 Å². The summed E-state index contributed by atoms with van der Waals surface area (Å²) in [6.07, 6.45) is 0. The van der Waals surface area contributed by atoms with Gasteiger partial charge in [0.25, 0.3) is 5.92 Å². The Morgan fingerprint density at radius 2 is 1.61 bits per heavy atom. The molecule has 18 heavy (non-hydrogen) atoms. The molecule has 0 aliphatic carbocycles. The number of aryl methyl sites for hydroxylation is 1. The predicted molar refractivity (Wildman–Crippen MR) is 70.5 cm³/mol. The average molecular weight is 254 g/mol. The molecule has 2 nitrogen and oxygen atoms in total. The maximum atomic E-state index is 12.9. The lowest BCUT2D eigenvalue weighted by molar-refractivity contribution is -0.0155. The highest BCUT2D eigenvalue weighted by atomic mass is 19.3. The van der Waals surface area contributed by atoms with E-state index in [2.05, 4.69) is 36.1 Å². The van der Waals surface area contributed by atoms with Crippen molar-refractivity contribution >= 4 is 5.69 Å². The minimum Gasteiger partial charge on any atom is -0.369 e. The van der Waals surface area contributed by atoms with Crippen molar-refractivity contribution in [2.45, 2.75) is 19.8 Å². The molecule has 0 bridgehead atoms. The van der Waals surface area contributed by atoms with Crippen LogP contribution in [0.1, 0.15) is 12.5 Å². The molecule has 1 aliphatic rings. The number of hydrogen-bond donors (Lipinski definition) is 0. The zero-order chi connectivity index (χ0) is 13.2. The van der Waals surface area contributed by atoms with E-state index in [-0.39, 0.29) is 6.54 Å². The van der Waals surface area contributed by atoms with E-state index in [0.29, 0.717) is 13.1 Å². The third-order valence-corrected chi connectivity index (χ3v) is 3.27. The Morgan fingerprint density at radius 1 is 1.06 bits per heavy atom. The molecule has 0 amide bonds. The number of hydrogen-bond acceptors (Lipinski definition) is 2. The fourth-order valence-electron chi connectivity index (χ4n) is 2.31. The molecule has 1 heterocycles. The van der Waals surface area contributed by atoms with Gasteiger partial charge in [0.1, 0.15) is 0 Å². The zero-order valence-corrected chi connectivity index (χ0v) is 11.0. The number of anilines is 1. The number of rotatable bonds is 3. The van der Waals surface area contributed by atoms with Gasteiger partial charge < -0.3 is 4.90 Å². The lowest BCUT2D eigenvalue weighted by atomic mass is 10.2. The number of halogens is 2. The minimum absolute atomic E-state index is 0.130. The van der Waals surface area contributed by atoms with Crippen LogP contribution in [0.4, 0.5) is 14.5 Å². The first-order valence-corrected chi connectivity index (χ1v) is 6.36. The summed E-state index contributed by atoms with van der Waals surface area (Å²) < 4.78 is 25.8. The molecular formula is C14H20F2N2. The highest BCUT2D eigenvalue weighted by Gasteiger charge is 2.27. The zero-order valence-electron chi connectivity index (χ0n) is 11.0. The Labute approximate surface area is 107 Å². The number of piperazine rings is 1. The molecule has 1 fully saturated rings. The first-order chi connectivity index (χ1) is 8.44. The lowest BCUT2D eigenvalue weighted by Crippen LogP contribution is -2.49. The molecule has 0 N–H and O–H groups in total. The Hall–Kier alpha value is -1.16. The van der Waals surface area contributed by atoms with E-state index < -0.39 is 5.92 Å². The Morgan fingerprint density at radius 3 is 2.11 bits per heavy atom. The van der Waals surface area contributed by atoms with E-state index in [0.717, 1.165) is 20.0 Å². The van der Waals surface area contributed by atoms with Crippen LogP contribution in [0, 0.1) is 6.92 Å². The molecule has 0 radical (unpaired) electrons. The van der Waals surface area contributed by atoms with Crippen molar-refractivity contribution in [3.8, 4) is 0 Å². The van der Waals surface area contributed by atoms with Gasteiger partial charge in [0.15, 0.2) is 0 Å². The van der Waals surface area contributed by atoms with E-state index >= 15 is 0 Å². The van der Waals surface area contributed by atoms with Gasteiger partial charge in [0, 0.05) is 38.8 Å². The second kappa shape index (κ2) is 5.22. The molecule has 0 unspecified atom stereocenters. The van der Waals surface area contributed by atoms with Gasteiger partial charge in [-0.1, -0.05) is 17.7 Å². The van der Waals surface area contributed by atoms with E-state index in [1.807, 2.05) is 4.90 Å². The van der Waals surface area contributed by atoms with Crippen molar-refractivity contribution in [3.05, 3.63) is 29.8 Å². The van der Waals surface area contributed by atoms with Crippen molar-refractivity contribution in [2.75, 3.05) is 37.6 Å². The minimum atomic E-state index is -2.59. The summed E-state index contributed by atoms with van der Waals surface area (Å²) in [6, 6.07) is 8.36. The van der Waals surface area contributed by atoms with E-state index in [9.17, 15) is 8.78 Å². The summed E-state index contributed by atoms with van der Waals surface area (Å²) in [5.74, 6) is -2.59. The quantitative estimate of drug-likeness (QED) is 0.818. The number of nitrogens with zero attached hydrogens (tertiary/aromatic N) is 2. The fraction of sp³-hybridized carbons (Fsp3) is 0.571. The number of benzene rings is 1. The summed E-state index contributed by atoms with van der Waals surface area (Å²) >= 11 is 0. The summed E-state index contributed by atoms with van der Waals surface area (Å²) in [6.45, 7) is 5.96. The van der Waals surface area contributed by atoms with E-state index in [4.69, 9.17) is 0 Å². The SMILES string of the molecule is Cc1ccc(N2CCN(CC(C)(F)F)CC2)cc1.